The van der Waals surface area contributed by atoms with Crippen LogP contribution in [0.1, 0.15) is 23.7 Å². The lowest BCUT2D eigenvalue weighted by Gasteiger charge is -2.22. The average Bonchev–Trinajstić information content (AvgIpc) is 2.18. The minimum Gasteiger partial charge on any atom is -0.492 e. The van der Waals surface area contributed by atoms with E-state index in [2.05, 4.69) is 0 Å². The van der Waals surface area contributed by atoms with Crippen LogP contribution in [-0.4, -0.2) is 11.7 Å². The smallest absolute Gasteiger partial charge is 0.142 e. The zero-order valence-corrected chi connectivity index (χ0v) is 7.03. The van der Waals surface area contributed by atoms with Crippen molar-refractivity contribution < 1.29 is 9.84 Å². The Labute approximate surface area is 76.2 Å². The van der Waals surface area contributed by atoms with Crippen molar-refractivity contribution in [1.82, 2.24) is 0 Å². The van der Waals surface area contributed by atoms with Crippen molar-refractivity contribution in [3.63, 3.8) is 0 Å². The second-order valence-corrected chi connectivity index (χ2v) is 2.99. The quantitative estimate of drug-likeness (QED) is 0.648. The predicted octanol–water partition coefficient (Wildman–Crippen LogP) is 1.37. The number of aliphatic hydroxyl groups is 1. The molecule has 0 saturated carbocycles. The molecule has 1 aromatic carbocycles. The Hall–Kier alpha value is -1.53. The van der Waals surface area contributed by atoms with Crippen molar-refractivity contribution in [3.8, 4) is 11.8 Å². The second-order valence-electron chi connectivity index (χ2n) is 2.99. The predicted molar refractivity (Wildman–Crippen MR) is 46.2 cm³/mol. The van der Waals surface area contributed by atoms with Gasteiger partial charge in [-0.2, -0.15) is 5.26 Å². The number of fused-ring (bicyclic) bond motifs is 1. The first-order valence-corrected chi connectivity index (χ1v) is 4.17. The van der Waals surface area contributed by atoms with E-state index in [9.17, 15) is 5.11 Å². The maximum Gasteiger partial charge on any atom is 0.142 e. The minimum absolute atomic E-state index is 0.479. The summed E-state index contributed by atoms with van der Waals surface area (Å²) in [6.45, 7) is 0.479. The largest absolute Gasteiger partial charge is 0.492 e. The monoisotopic (exact) mass is 175 g/mol. The third kappa shape index (κ3) is 1.25. The van der Waals surface area contributed by atoms with E-state index in [1.807, 2.05) is 6.07 Å². The third-order valence-corrected chi connectivity index (χ3v) is 2.16. The van der Waals surface area contributed by atoms with Crippen LogP contribution in [0, 0.1) is 11.3 Å². The lowest BCUT2D eigenvalue weighted by molar-refractivity contribution is 0.115. The number of nitriles is 1. The van der Waals surface area contributed by atoms with Gasteiger partial charge in [0, 0.05) is 12.0 Å². The molecule has 1 atom stereocenters. The standard InChI is InChI=1S/C10H9NO2/c11-6-7-2-1-3-8-9(12)4-5-13-10(7)8/h1-3,9,12H,4-5H2/t9-/m1/s1. The molecule has 0 unspecified atom stereocenters. The first-order valence-electron chi connectivity index (χ1n) is 4.17. The number of ether oxygens (including phenoxy) is 1. The fourth-order valence-corrected chi connectivity index (χ4v) is 1.49. The van der Waals surface area contributed by atoms with Crippen LogP contribution in [0.4, 0.5) is 0 Å². The highest BCUT2D eigenvalue weighted by Crippen LogP contribution is 2.34. The first-order chi connectivity index (χ1) is 6.33. The average molecular weight is 175 g/mol. The maximum atomic E-state index is 9.59. The van der Waals surface area contributed by atoms with Gasteiger partial charge < -0.3 is 9.84 Å². The zero-order valence-electron chi connectivity index (χ0n) is 7.03. The molecule has 0 radical (unpaired) electrons. The van der Waals surface area contributed by atoms with Crippen molar-refractivity contribution in [2.75, 3.05) is 6.61 Å². The molecular formula is C10H9NO2. The van der Waals surface area contributed by atoms with E-state index in [0.717, 1.165) is 5.56 Å². The Balaban J connectivity index is 2.56. The van der Waals surface area contributed by atoms with Crippen LogP contribution in [0.2, 0.25) is 0 Å². The highest BCUT2D eigenvalue weighted by Gasteiger charge is 2.21. The van der Waals surface area contributed by atoms with Gasteiger partial charge in [-0.15, -0.1) is 0 Å². The van der Waals surface area contributed by atoms with Crippen LogP contribution in [0.5, 0.6) is 5.75 Å². The normalized spacial score (nSPS) is 19.8. The molecule has 1 aliphatic rings. The summed E-state index contributed by atoms with van der Waals surface area (Å²) in [5.41, 5.74) is 1.22. The summed E-state index contributed by atoms with van der Waals surface area (Å²) in [7, 11) is 0. The number of rotatable bonds is 0. The maximum absolute atomic E-state index is 9.59. The van der Waals surface area contributed by atoms with E-state index in [1.54, 1.807) is 18.2 Å². The highest BCUT2D eigenvalue weighted by atomic mass is 16.5. The van der Waals surface area contributed by atoms with E-state index in [1.165, 1.54) is 0 Å². The summed E-state index contributed by atoms with van der Waals surface area (Å²) in [4.78, 5) is 0. The van der Waals surface area contributed by atoms with Gasteiger partial charge in [0.1, 0.15) is 11.8 Å². The SMILES string of the molecule is N#Cc1cccc2c1OCC[C@H]2O. The summed E-state index contributed by atoms with van der Waals surface area (Å²) in [6.07, 6.45) is 0.110. The number of hydrogen-bond donors (Lipinski definition) is 1. The molecule has 0 bridgehead atoms. The molecule has 1 N–H and O–H groups in total. The van der Waals surface area contributed by atoms with Gasteiger partial charge in [0.05, 0.1) is 18.3 Å². The molecule has 1 aliphatic heterocycles. The summed E-state index contributed by atoms with van der Waals surface area (Å²) in [5, 5.41) is 18.4. The first kappa shape index (κ1) is 8.09. The molecule has 0 saturated heterocycles. The fourth-order valence-electron chi connectivity index (χ4n) is 1.49. The van der Waals surface area contributed by atoms with Gasteiger partial charge >= 0.3 is 0 Å². The summed E-state index contributed by atoms with van der Waals surface area (Å²) in [5.74, 6) is 0.545. The van der Waals surface area contributed by atoms with Gasteiger partial charge in [0.2, 0.25) is 0 Å². The number of para-hydroxylation sites is 1. The van der Waals surface area contributed by atoms with Crippen LogP contribution in [0.25, 0.3) is 0 Å². The van der Waals surface area contributed by atoms with Crippen LogP contribution in [-0.2, 0) is 0 Å². The molecule has 0 aromatic heterocycles. The number of aliphatic hydroxyl groups excluding tert-OH is 1. The third-order valence-electron chi connectivity index (χ3n) is 2.16. The molecule has 13 heavy (non-hydrogen) atoms. The van der Waals surface area contributed by atoms with Crippen LogP contribution in [0.3, 0.4) is 0 Å². The number of hydrogen-bond acceptors (Lipinski definition) is 3. The van der Waals surface area contributed by atoms with Crippen molar-refractivity contribution in [1.29, 1.82) is 5.26 Å². The Kier molecular flexibility index (Phi) is 1.91. The molecule has 3 nitrogen and oxygen atoms in total. The summed E-state index contributed by atoms with van der Waals surface area (Å²) in [6, 6.07) is 7.28. The van der Waals surface area contributed by atoms with Crippen molar-refractivity contribution in [2.24, 2.45) is 0 Å². The summed E-state index contributed by atoms with van der Waals surface area (Å²) < 4.78 is 5.33. The van der Waals surface area contributed by atoms with Crippen LogP contribution >= 0.6 is 0 Å². The fraction of sp³-hybridized carbons (Fsp3) is 0.300. The lowest BCUT2D eigenvalue weighted by atomic mass is 10.0. The van der Waals surface area contributed by atoms with Crippen LogP contribution in [0.15, 0.2) is 18.2 Å². The van der Waals surface area contributed by atoms with Gasteiger partial charge in [-0.1, -0.05) is 12.1 Å². The Morgan fingerprint density at radius 3 is 3.15 bits per heavy atom. The number of benzene rings is 1. The Morgan fingerprint density at radius 1 is 1.54 bits per heavy atom. The Morgan fingerprint density at radius 2 is 2.38 bits per heavy atom. The van der Waals surface area contributed by atoms with Gasteiger partial charge in [-0.3, -0.25) is 0 Å². The molecule has 1 heterocycles. The minimum atomic E-state index is -0.489. The van der Waals surface area contributed by atoms with E-state index in [4.69, 9.17) is 10.00 Å². The molecule has 0 fully saturated rings. The van der Waals surface area contributed by atoms with Crippen LogP contribution < -0.4 is 4.74 Å². The molecule has 0 spiro atoms. The molecule has 0 aliphatic carbocycles. The molecule has 0 amide bonds. The van der Waals surface area contributed by atoms with Crippen molar-refractivity contribution >= 4 is 0 Å². The molecule has 66 valence electrons. The van der Waals surface area contributed by atoms with Gasteiger partial charge in [-0.05, 0) is 6.07 Å². The molecule has 2 rings (SSSR count). The van der Waals surface area contributed by atoms with Gasteiger partial charge in [0.25, 0.3) is 0 Å². The molecule has 1 aromatic rings. The van der Waals surface area contributed by atoms with Gasteiger partial charge in [0.15, 0.2) is 0 Å². The Bertz CT molecular complexity index is 368. The highest BCUT2D eigenvalue weighted by molar-refractivity contribution is 5.50. The lowest BCUT2D eigenvalue weighted by Crippen LogP contribution is -2.14. The molecule has 3 heteroatoms. The molecular weight excluding hydrogens is 166 g/mol. The number of nitrogens with zero attached hydrogens (tertiary/aromatic N) is 1. The van der Waals surface area contributed by atoms with Crippen molar-refractivity contribution in [3.05, 3.63) is 29.3 Å². The summed E-state index contributed by atoms with van der Waals surface area (Å²) >= 11 is 0. The van der Waals surface area contributed by atoms with E-state index >= 15 is 0 Å². The van der Waals surface area contributed by atoms with E-state index < -0.39 is 6.10 Å². The van der Waals surface area contributed by atoms with Crippen molar-refractivity contribution in [2.45, 2.75) is 12.5 Å². The van der Waals surface area contributed by atoms with E-state index in [-0.39, 0.29) is 0 Å². The topological polar surface area (TPSA) is 53.2 Å². The van der Waals surface area contributed by atoms with Gasteiger partial charge in [-0.25, -0.2) is 0 Å². The zero-order chi connectivity index (χ0) is 9.26. The second kappa shape index (κ2) is 3.08. The van der Waals surface area contributed by atoms with E-state index in [0.29, 0.717) is 24.3 Å².